The second kappa shape index (κ2) is 5.29. The molecule has 0 atom stereocenters. The van der Waals surface area contributed by atoms with E-state index in [1.54, 1.807) is 24.3 Å². The van der Waals surface area contributed by atoms with Crippen molar-refractivity contribution in [1.29, 1.82) is 0 Å². The van der Waals surface area contributed by atoms with Gasteiger partial charge in [0.15, 0.2) is 0 Å². The Balaban J connectivity index is 2.22. The summed E-state index contributed by atoms with van der Waals surface area (Å²) in [6.45, 7) is 0.423. The predicted molar refractivity (Wildman–Crippen MR) is 67.5 cm³/mol. The van der Waals surface area contributed by atoms with Gasteiger partial charge in [-0.3, -0.25) is 10.1 Å². The second-order valence-electron chi connectivity index (χ2n) is 3.71. The van der Waals surface area contributed by atoms with Gasteiger partial charge in [-0.1, -0.05) is 18.2 Å². The van der Waals surface area contributed by atoms with E-state index in [9.17, 15) is 10.1 Å². The molecule has 0 spiro atoms. The molecule has 0 aromatic heterocycles. The van der Waals surface area contributed by atoms with Crippen LogP contribution in [0.5, 0.6) is 11.5 Å². The van der Waals surface area contributed by atoms with Crippen LogP contribution >= 0.6 is 0 Å². The minimum atomic E-state index is -0.455. The monoisotopic (exact) mass is 244 g/mol. The van der Waals surface area contributed by atoms with Crippen LogP contribution in [0.25, 0.3) is 0 Å². The number of nitro benzene ring substituents is 1. The van der Waals surface area contributed by atoms with Crippen LogP contribution in [0.4, 0.5) is 5.69 Å². The van der Waals surface area contributed by atoms with Crippen LogP contribution in [-0.2, 0) is 6.54 Å². The van der Waals surface area contributed by atoms with Crippen molar-refractivity contribution in [2.24, 2.45) is 5.73 Å². The summed E-state index contributed by atoms with van der Waals surface area (Å²) in [5.74, 6) is 1.04. The molecule has 18 heavy (non-hydrogen) atoms. The highest BCUT2D eigenvalue weighted by Crippen LogP contribution is 2.25. The Hall–Kier alpha value is -2.40. The van der Waals surface area contributed by atoms with E-state index in [2.05, 4.69) is 0 Å². The van der Waals surface area contributed by atoms with E-state index in [-0.39, 0.29) is 5.69 Å². The summed E-state index contributed by atoms with van der Waals surface area (Å²) in [6.07, 6.45) is 0. The second-order valence-corrected chi connectivity index (χ2v) is 3.71. The lowest BCUT2D eigenvalue weighted by molar-refractivity contribution is -0.384. The maximum Gasteiger partial charge on any atom is 0.273 e. The van der Waals surface area contributed by atoms with E-state index >= 15 is 0 Å². The van der Waals surface area contributed by atoms with Gasteiger partial charge in [0, 0.05) is 12.6 Å². The third kappa shape index (κ3) is 2.83. The molecule has 0 aliphatic rings. The molecule has 0 bridgehead atoms. The van der Waals surface area contributed by atoms with E-state index in [1.165, 1.54) is 12.1 Å². The average Bonchev–Trinajstić information content (AvgIpc) is 2.39. The van der Waals surface area contributed by atoms with Crippen molar-refractivity contribution >= 4 is 5.69 Å². The van der Waals surface area contributed by atoms with Gasteiger partial charge >= 0.3 is 0 Å². The van der Waals surface area contributed by atoms with Gasteiger partial charge in [0.05, 0.1) is 11.0 Å². The number of hydrogen-bond acceptors (Lipinski definition) is 4. The van der Waals surface area contributed by atoms with Crippen LogP contribution < -0.4 is 10.5 Å². The van der Waals surface area contributed by atoms with E-state index in [0.717, 1.165) is 5.56 Å². The first-order valence-corrected chi connectivity index (χ1v) is 5.40. The van der Waals surface area contributed by atoms with Crippen molar-refractivity contribution < 1.29 is 9.66 Å². The van der Waals surface area contributed by atoms with Crippen LogP contribution in [0.15, 0.2) is 48.5 Å². The van der Waals surface area contributed by atoms with Crippen molar-refractivity contribution in [3.63, 3.8) is 0 Å². The summed E-state index contributed by atoms with van der Waals surface area (Å²) in [6, 6.07) is 13.4. The first-order chi connectivity index (χ1) is 8.69. The summed E-state index contributed by atoms with van der Waals surface area (Å²) in [7, 11) is 0. The molecule has 92 valence electrons. The molecule has 5 nitrogen and oxygen atoms in total. The molecule has 0 unspecified atom stereocenters. The minimum Gasteiger partial charge on any atom is -0.457 e. The Morgan fingerprint density at radius 2 is 1.78 bits per heavy atom. The zero-order valence-electron chi connectivity index (χ0n) is 9.58. The number of hydrogen-bond donors (Lipinski definition) is 1. The molecular weight excluding hydrogens is 232 g/mol. The van der Waals surface area contributed by atoms with Gasteiger partial charge in [-0.25, -0.2) is 0 Å². The average molecular weight is 244 g/mol. The highest BCUT2D eigenvalue weighted by Gasteiger charge is 2.07. The smallest absolute Gasteiger partial charge is 0.273 e. The fraction of sp³-hybridized carbons (Fsp3) is 0.0769. The molecule has 0 aliphatic heterocycles. The van der Waals surface area contributed by atoms with Gasteiger partial charge in [-0.15, -0.1) is 0 Å². The molecule has 0 saturated heterocycles. The van der Waals surface area contributed by atoms with Crippen molar-refractivity contribution in [2.45, 2.75) is 6.54 Å². The van der Waals surface area contributed by atoms with Gasteiger partial charge in [0.25, 0.3) is 5.69 Å². The third-order valence-corrected chi connectivity index (χ3v) is 2.40. The van der Waals surface area contributed by atoms with E-state index in [1.807, 2.05) is 12.1 Å². The highest BCUT2D eigenvalue weighted by atomic mass is 16.6. The summed E-state index contributed by atoms with van der Waals surface area (Å²) >= 11 is 0. The fourth-order valence-electron chi connectivity index (χ4n) is 1.53. The number of ether oxygens (including phenoxy) is 1. The normalized spacial score (nSPS) is 10.1. The SMILES string of the molecule is NCc1cccc(Oc2cccc([N+](=O)[O-])c2)c1. The van der Waals surface area contributed by atoms with Crippen LogP contribution in [0.1, 0.15) is 5.56 Å². The number of non-ortho nitro benzene ring substituents is 1. The molecule has 0 aliphatic carbocycles. The standard InChI is InChI=1S/C13H12N2O3/c14-9-10-3-1-5-12(7-10)18-13-6-2-4-11(8-13)15(16)17/h1-8H,9,14H2. The molecular formula is C13H12N2O3. The first-order valence-electron chi connectivity index (χ1n) is 5.40. The maximum absolute atomic E-state index is 10.6. The summed E-state index contributed by atoms with van der Waals surface area (Å²) < 4.78 is 5.55. The molecule has 2 N–H and O–H groups in total. The van der Waals surface area contributed by atoms with Gasteiger partial charge in [-0.05, 0) is 23.8 Å². The van der Waals surface area contributed by atoms with Crippen LogP contribution in [-0.4, -0.2) is 4.92 Å². The topological polar surface area (TPSA) is 78.4 Å². The number of nitrogens with zero attached hydrogens (tertiary/aromatic N) is 1. The lowest BCUT2D eigenvalue weighted by Crippen LogP contribution is -1.96. The van der Waals surface area contributed by atoms with Gasteiger partial charge in [0.2, 0.25) is 0 Å². The lowest BCUT2D eigenvalue weighted by atomic mass is 10.2. The zero-order chi connectivity index (χ0) is 13.0. The summed E-state index contributed by atoms with van der Waals surface area (Å²) in [5.41, 5.74) is 6.48. The number of benzene rings is 2. The molecule has 2 aromatic carbocycles. The highest BCUT2D eigenvalue weighted by molar-refractivity contribution is 5.41. The molecule has 0 amide bonds. The van der Waals surface area contributed by atoms with E-state index in [0.29, 0.717) is 18.0 Å². The maximum atomic E-state index is 10.6. The Morgan fingerprint density at radius 3 is 2.44 bits per heavy atom. The predicted octanol–water partition coefficient (Wildman–Crippen LogP) is 2.85. The fourth-order valence-corrected chi connectivity index (χ4v) is 1.53. The Labute approximate surface area is 104 Å². The van der Waals surface area contributed by atoms with Crippen molar-refractivity contribution in [2.75, 3.05) is 0 Å². The largest absolute Gasteiger partial charge is 0.457 e. The van der Waals surface area contributed by atoms with E-state index < -0.39 is 4.92 Å². The molecule has 0 saturated carbocycles. The lowest BCUT2D eigenvalue weighted by Gasteiger charge is -2.06. The molecule has 2 aromatic rings. The van der Waals surface area contributed by atoms with Crippen molar-refractivity contribution in [1.82, 2.24) is 0 Å². The summed E-state index contributed by atoms with van der Waals surface area (Å²) in [4.78, 5) is 10.2. The van der Waals surface area contributed by atoms with Gasteiger partial charge in [-0.2, -0.15) is 0 Å². The summed E-state index contributed by atoms with van der Waals surface area (Å²) in [5, 5.41) is 10.6. The van der Waals surface area contributed by atoms with E-state index in [4.69, 9.17) is 10.5 Å². The molecule has 0 radical (unpaired) electrons. The zero-order valence-corrected chi connectivity index (χ0v) is 9.58. The Kier molecular flexibility index (Phi) is 3.54. The third-order valence-electron chi connectivity index (χ3n) is 2.40. The Morgan fingerprint density at radius 1 is 1.11 bits per heavy atom. The van der Waals surface area contributed by atoms with Crippen LogP contribution in [0.2, 0.25) is 0 Å². The Bertz CT molecular complexity index is 570. The number of rotatable bonds is 4. The molecule has 5 heteroatoms. The first kappa shape index (κ1) is 12.1. The van der Waals surface area contributed by atoms with Crippen LogP contribution in [0.3, 0.4) is 0 Å². The molecule has 0 heterocycles. The van der Waals surface area contributed by atoms with Crippen LogP contribution in [0, 0.1) is 10.1 Å². The number of nitrogens with two attached hydrogens (primary N) is 1. The minimum absolute atomic E-state index is 0.00230. The quantitative estimate of drug-likeness (QED) is 0.662. The molecule has 2 rings (SSSR count). The van der Waals surface area contributed by atoms with Gasteiger partial charge < -0.3 is 10.5 Å². The molecule has 0 fully saturated rings. The number of nitro groups is 1. The van der Waals surface area contributed by atoms with Crippen molar-refractivity contribution in [3.8, 4) is 11.5 Å². The van der Waals surface area contributed by atoms with Crippen molar-refractivity contribution in [3.05, 3.63) is 64.2 Å². The van der Waals surface area contributed by atoms with Gasteiger partial charge in [0.1, 0.15) is 11.5 Å².